The average molecular weight is 439 g/mol. The van der Waals surface area contributed by atoms with Crippen LogP contribution in [0.1, 0.15) is 5.56 Å². The van der Waals surface area contributed by atoms with Gasteiger partial charge in [-0.2, -0.15) is 4.99 Å². The highest BCUT2D eigenvalue weighted by Crippen LogP contribution is 2.24. The summed E-state index contributed by atoms with van der Waals surface area (Å²) in [6.07, 6.45) is 1.28. The zero-order valence-corrected chi connectivity index (χ0v) is 16.8. The molecule has 5 nitrogen and oxygen atoms in total. The number of nitrogens with zero attached hydrogens (tertiary/aromatic N) is 2. The Morgan fingerprint density at radius 2 is 1.88 bits per heavy atom. The maximum atomic E-state index is 12.3. The Labute approximate surface area is 157 Å². The molecule has 0 aliphatic carbocycles. The normalized spacial score (nSPS) is 12.7. The van der Waals surface area contributed by atoms with Gasteiger partial charge in [-0.15, -0.1) is 0 Å². The average Bonchev–Trinajstić information content (AvgIpc) is 2.84. The van der Waals surface area contributed by atoms with Gasteiger partial charge in [-0.3, -0.25) is 4.79 Å². The number of carbonyl (C=O) groups excluding carboxylic acids is 1. The van der Waals surface area contributed by atoms with Crippen LogP contribution in [0, 0.1) is 0 Å². The van der Waals surface area contributed by atoms with E-state index in [1.165, 1.54) is 23.5 Å². The van der Waals surface area contributed by atoms with Crippen molar-refractivity contribution in [1.82, 2.24) is 4.57 Å². The van der Waals surface area contributed by atoms with Gasteiger partial charge in [-0.1, -0.05) is 29.5 Å². The highest BCUT2D eigenvalue weighted by Gasteiger charge is 2.10. The van der Waals surface area contributed by atoms with Gasteiger partial charge in [0, 0.05) is 17.8 Å². The van der Waals surface area contributed by atoms with E-state index in [9.17, 15) is 13.2 Å². The van der Waals surface area contributed by atoms with Gasteiger partial charge < -0.3 is 4.57 Å². The molecule has 0 saturated heterocycles. The molecule has 0 aliphatic rings. The van der Waals surface area contributed by atoms with E-state index in [1.54, 1.807) is 12.1 Å². The van der Waals surface area contributed by atoms with E-state index in [1.807, 2.05) is 29.8 Å². The Morgan fingerprint density at radius 1 is 1.20 bits per heavy atom. The van der Waals surface area contributed by atoms with Gasteiger partial charge in [0.1, 0.15) is 0 Å². The lowest BCUT2D eigenvalue weighted by Gasteiger charge is -2.01. The second-order valence-electron chi connectivity index (χ2n) is 5.63. The van der Waals surface area contributed by atoms with Crippen LogP contribution in [-0.2, 0) is 28.1 Å². The summed E-state index contributed by atoms with van der Waals surface area (Å²) in [7, 11) is -1.36. The van der Waals surface area contributed by atoms with E-state index in [0.29, 0.717) is 4.80 Å². The van der Waals surface area contributed by atoms with Crippen LogP contribution in [0.3, 0.4) is 0 Å². The summed E-state index contributed by atoms with van der Waals surface area (Å²) in [6.45, 7) is 0. The van der Waals surface area contributed by atoms with E-state index in [-0.39, 0.29) is 17.2 Å². The Balaban J connectivity index is 1.89. The van der Waals surface area contributed by atoms with Crippen molar-refractivity contribution in [3.05, 3.63) is 57.3 Å². The molecule has 0 bridgehead atoms. The molecule has 8 heteroatoms. The topological polar surface area (TPSA) is 68.5 Å². The van der Waals surface area contributed by atoms with E-state index >= 15 is 0 Å². The molecule has 3 rings (SSSR count). The van der Waals surface area contributed by atoms with Crippen molar-refractivity contribution in [2.75, 3.05) is 6.26 Å². The molecule has 0 N–H and O–H groups in total. The number of aryl methyl sites for hydroxylation is 1. The van der Waals surface area contributed by atoms with Gasteiger partial charge in [-0.05, 0) is 45.8 Å². The second-order valence-corrected chi connectivity index (χ2v) is 9.51. The lowest BCUT2D eigenvalue weighted by atomic mass is 10.1. The largest absolute Gasteiger partial charge is 0.318 e. The molecule has 25 heavy (non-hydrogen) atoms. The summed E-state index contributed by atoms with van der Waals surface area (Å²) >= 11 is 4.96. The lowest BCUT2D eigenvalue weighted by molar-refractivity contribution is -0.117. The number of halogens is 1. The fourth-order valence-electron chi connectivity index (χ4n) is 2.44. The molecule has 1 aromatic heterocycles. The summed E-state index contributed by atoms with van der Waals surface area (Å²) in [5, 5.41) is 0. The third-order valence-electron chi connectivity index (χ3n) is 3.70. The van der Waals surface area contributed by atoms with Crippen molar-refractivity contribution in [2.45, 2.75) is 11.3 Å². The predicted octanol–water partition coefficient (Wildman–Crippen LogP) is 3.08. The molecule has 1 amide bonds. The van der Waals surface area contributed by atoms with Crippen LogP contribution >= 0.6 is 27.3 Å². The molecule has 0 atom stereocenters. The van der Waals surface area contributed by atoms with Crippen molar-refractivity contribution >= 4 is 53.2 Å². The number of fused-ring (bicyclic) bond motifs is 1. The minimum Gasteiger partial charge on any atom is -0.318 e. The highest BCUT2D eigenvalue weighted by molar-refractivity contribution is 9.10. The summed E-state index contributed by atoms with van der Waals surface area (Å²) in [5.74, 6) is -0.273. The van der Waals surface area contributed by atoms with Gasteiger partial charge in [0.05, 0.1) is 21.5 Å². The Kier molecular flexibility index (Phi) is 4.95. The number of amides is 1. The summed E-state index contributed by atoms with van der Waals surface area (Å²) in [5.41, 5.74) is 1.72. The van der Waals surface area contributed by atoms with E-state index in [0.717, 1.165) is 26.5 Å². The SMILES string of the molecule is Cn1c(=NC(=O)Cc2ccc(S(C)(=O)=O)cc2)sc2cccc(Br)c21. The number of thiazole rings is 1. The first-order valence-electron chi connectivity index (χ1n) is 7.36. The standard InChI is InChI=1S/C17H15BrN2O3S2/c1-20-16-13(18)4-3-5-14(16)24-17(20)19-15(21)10-11-6-8-12(9-7-11)25(2,22)23/h3-9H,10H2,1-2H3. The first-order valence-corrected chi connectivity index (χ1v) is 10.9. The number of sulfone groups is 1. The summed E-state index contributed by atoms with van der Waals surface area (Å²) < 4.78 is 26.8. The third kappa shape index (κ3) is 3.91. The molecule has 0 fully saturated rings. The van der Waals surface area contributed by atoms with Gasteiger partial charge in [0.15, 0.2) is 14.6 Å². The van der Waals surface area contributed by atoms with Crippen LogP contribution in [0.2, 0.25) is 0 Å². The van der Waals surface area contributed by atoms with E-state index < -0.39 is 9.84 Å². The number of rotatable bonds is 3. The van der Waals surface area contributed by atoms with Crippen LogP contribution in [0.25, 0.3) is 10.2 Å². The van der Waals surface area contributed by atoms with Gasteiger partial charge in [-0.25, -0.2) is 8.42 Å². The van der Waals surface area contributed by atoms with Crippen LogP contribution in [-0.4, -0.2) is 25.1 Å². The van der Waals surface area contributed by atoms with Crippen molar-refractivity contribution in [3.8, 4) is 0 Å². The fourth-order valence-corrected chi connectivity index (χ4v) is 4.90. The highest BCUT2D eigenvalue weighted by atomic mass is 79.9. The molecule has 0 spiro atoms. The van der Waals surface area contributed by atoms with E-state index in [2.05, 4.69) is 20.9 Å². The zero-order valence-electron chi connectivity index (χ0n) is 13.6. The fraction of sp³-hybridized carbons (Fsp3) is 0.176. The van der Waals surface area contributed by atoms with Crippen molar-refractivity contribution in [2.24, 2.45) is 12.0 Å². The maximum Gasteiger partial charge on any atom is 0.252 e. The first kappa shape index (κ1) is 18.0. The minimum absolute atomic E-state index is 0.124. The molecular formula is C17H15BrN2O3S2. The molecule has 0 unspecified atom stereocenters. The summed E-state index contributed by atoms with van der Waals surface area (Å²) in [6, 6.07) is 12.2. The van der Waals surface area contributed by atoms with Gasteiger partial charge >= 0.3 is 0 Å². The zero-order chi connectivity index (χ0) is 18.2. The molecule has 130 valence electrons. The number of hydrogen-bond donors (Lipinski definition) is 0. The van der Waals surface area contributed by atoms with E-state index in [4.69, 9.17) is 0 Å². The third-order valence-corrected chi connectivity index (χ3v) is 6.57. The number of hydrogen-bond acceptors (Lipinski definition) is 4. The quantitative estimate of drug-likeness (QED) is 0.630. The van der Waals surface area contributed by atoms with Crippen molar-refractivity contribution in [3.63, 3.8) is 0 Å². The van der Waals surface area contributed by atoms with Crippen LogP contribution in [0.15, 0.2) is 56.8 Å². The number of benzene rings is 2. The number of aromatic nitrogens is 1. The lowest BCUT2D eigenvalue weighted by Crippen LogP contribution is -2.14. The molecule has 0 saturated carbocycles. The molecule has 2 aromatic carbocycles. The minimum atomic E-state index is -3.24. The van der Waals surface area contributed by atoms with Gasteiger partial charge in [0.25, 0.3) is 5.91 Å². The molecular weight excluding hydrogens is 424 g/mol. The summed E-state index contributed by atoms with van der Waals surface area (Å²) in [4.78, 5) is 17.3. The van der Waals surface area contributed by atoms with Crippen molar-refractivity contribution in [1.29, 1.82) is 0 Å². The molecule has 3 aromatic rings. The van der Waals surface area contributed by atoms with Crippen LogP contribution in [0.5, 0.6) is 0 Å². The maximum absolute atomic E-state index is 12.3. The Bertz CT molecular complexity index is 1130. The molecule has 0 radical (unpaired) electrons. The second kappa shape index (κ2) is 6.86. The van der Waals surface area contributed by atoms with Crippen molar-refractivity contribution < 1.29 is 13.2 Å². The predicted molar refractivity (Wildman–Crippen MR) is 102 cm³/mol. The molecule has 1 heterocycles. The Hall–Kier alpha value is -1.77. The smallest absolute Gasteiger partial charge is 0.252 e. The molecule has 0 aliphatic heterocycles. The Morgan fingerprint density at radius 3 is 2.48 bits per heavy atom. The first-order chi connectivity index (χ1) is 11.8. The van der Waals surface area contributed by atoms with Crippen LogP contribution in [0.4, 0.5) is 0 Å². The number of para-hydroxylation sites is 1. The van der Waals surface area contributed by atoms with Crippen LogP contribution < -0.4 is 4.80 Å². The number of carbonyl (C=O) groups is 1. The monoisotopic (exact) mass is 438 g/mol. The van der Waals surface area contributed by atoms with Gasteiger partial charge in [0.2, 0.25) is 0 Å².